The number of hydrogen-bond donors (Lipinski definition) is 1. The Morgan fingerprint density at radius 2 is 1.51 bits per heavy atom. The van der Waals surface area contributed by atoms with Gasteiger partial charge in [0.1, 0.15) is 6.33 Å². The molecule has 0 amide bonds. The first-order valence-electron chi connectivity index (χ1n) is 16.8. The smallest absolute Gasteiger partial charge is 0.165 e. The Bertz CT molecular complexity index is 1640. The molecule has 4 aromatic rings. The maximum atomic E-state index is 11.7. The van der Waals surface area contributed by atoms with Gasteiger partial charge < -0.3 is 5.11 Å². The zero-order chi connectivity index (χ0) is 34.2. The second-order valence-electron chi connectivity index (χ2n) is 14.5. The average Bonchev–Trinajstić information content (AvgIpc) is 3.35. The number of ketones is 1. The molecule has 0 fully saturated rings. The van der Waals surface area contributed by atoms with Crippen LogP contribution >= 0.6 is 11.3 Å². The van der Waals surface area contributed by atoms with Crippen molar-refractivity contribution in [2.75, 3.05) is 0 Å². The number of thiophene rings is 1. The van der Waals surface area contributed by atoms with E-state index in [1.807, 2.05) is 27.7 Å². The van der Waals surface area contributed by atoms with Gasteiger partial charge in [0.05, 0.1) is 16.5 Å². The first-order chi connectivity index (χ1) is 21.6. The Kier molecular flexibility index (Phi) is 15.1. The first kappa shape index (κ1) is 40.4. The van der Waals surface area contributed by atoms with E-state index in [4.69, 9.17) is 4.98 Å². The number of nitrogens with zero attached hydrogens (tertiary/aromatic N) is 3. The quantitative estimate of drug-likeness (QED) is 0.0978. The van der Waals surface area contributed by atoms with Gasteiger partial charge in [-0.2, -0.15) is 0 Å². The molecule has 7 heteroatoms. The van der Waals surface area contributed by atoms with E-state index in [0.29, 0.717) is 5.82 Å². The van der Waals surface area contributed by atoms with E-state index in [-0.39, 0.29) is 54.3 Å². The summed E-state index contributed by atoms with van der Waals surface area (Å²) in [4.78, 5) is 28.1. The van der Waals surface area contributed by atoms with Crippen LogP contribution in [-0.4, -0.2) is 25.8 Å². The van der Waals surface area contributed by atoms with Gasteiger partial charge in [-0.15, -0.1) is 40.5 Å². The van der Waals surface area contributed by atoms with Crippen LogP contribution in [0, 0.1) is 30.2 Å². The van der Waals surface area contributed by atoms with Gasteiger partial charge in [-0.05, 0) is 61.5 Å². The largest absolute Gasteiger partial charge is 0.512 e. The third-order valence-electron chi connectivity index (χ3n) is 8.35. The van der Waals surface area contributed by atoms with Gasteiger partial charge in [0.2, 0.25) is 0 Å². The summed E-state index contributed by atoms with van der Waals surface area (Å²) in [5, 5.41) is 12.1. The number of carbonyl (C=O) groups is 1. The predicted molar refractivity (Wildman–Crippen MR) is 195 cm³/mol. The number of aliphatic hydroxyl groups is 1. The number of aliphatic hydroxyl groups excluding tert-OH is 1. The fraction of sp³-hybridized carbons (Fsp3) is 0.500. The number of fused-ring (bicyclic) bond motifs is 1. The fourth-order valence-corrected chi connectivity index (χ4v) is 7.08. The van der Waals surface area contributed by atoms with Crippen molar-refractivity contribution in [1.82, 2.24) is 15.0 Å². The molecule has 4 rings (SSSR count). The van der Waals surface area contributed by atoms with E-state index in [2.05, 4.69) is 101 Å². The Morgan fingerprint density at radius 1 is 0.915 bits per heavy atom. The van der Waals surface area contributed by atoms with Crippen LogP contribution in [-0.2, 0) is 36.7 Å². The van der Waals surface area contributed by atoms with E-state index in [1.54, 1.807) is 17.7 Å². The number of allylic oxidation sites excluding steroid dienone is 2. The molecule has 0 saturated carbocycles. The van der Waals surface area contributed by atoms with Crippen LogP contribution in [0.4, 0.5) is 0 Å². The van der Waals surface area contributed by atoms with E-state index in [9.17, 15) is 9.90 Å². The van der Waals surface area contributed by atoms with Crippen molar-refractivity contribution in [3.05, 3.63) is 76.6 Å². The third kappa shape index (κ3) is 11.2. The van der Waals surface area contributed by atoms with Gasteiger partial charge >= 0.3 is 0 Å². The van der Waals surface area contributed by atoms with Gasteiger partial charge in [0.15, 0.2) is 11.6 Å². The summed E-state index contributed by atoms with van der Waals surface area (Å²) in [5.41, 5.74) is 3.67. The summed E-state index contributed by atoms with van der Waals surface area (Å²) < 4.78 is 0. The zero-order valence-electron chi connectivity index (χ0n) is 30.2. The van der Waals surface area contributed by atoms with Crippen molar-refractivity contribution < 1.29 is 30.0 Å². The van der Waals surface area contributed by atoms with Gasteiger partial charge in [-0.1, -0.05) is 98.4 Å². The molecule has 2 aromatic carbocycles. The average molecular weight is 833 g/mol. The number of benzene rings is 2. The number of aryl methyl sites for hydroxylation is 1. The third-order valence-corrected chi connectivity index (χ3v) is 9.59. The van der Waals surface area contributed by atoms with Gasteiger partial charge in [0.25, 0.3) is 0 Å². The summed E-state index contributed by atoms with van der Waals surface area (Å²) in [6.07, 6.45) is 7.58. The second kappa shape index (κ2) is 17.6. The molecule has 0 aliphatic rings. The minimum Gasteiger partial charge on any atom is -0.512 e. The normalized spacial score (nSPS) is 12.2. The van der Waals surface area contributed by atoms with Crippen molar-refractivity contribution in [2.45, 2.75) is 114 Å². The second-order valence-corrected chi connectivity index (χ2v) is 15.6. The van der Waals surface area contributed by atoms with Crippen LogP contribution in [0.25, 0.3) is 32.9 Å². The topological polar surface area (TPSA) is 76.0 Å². The van der Waals surface area contributed by atoms with E-state index in [1.165, 1.54) is 27.5 Å². The molecular formula is C40H54IrN3O2S-. The predicted octanol–water partition coefficient (Wildman–Crippen LogP) is 11.3. The summed E-state index contributed by atoms with van der Waals surface area (Å²) in [6.45, 7) is 23.7. The minimum absolute atomic E-state index is 0. The van der Waals surface area contributed by atoms with Crippen LogP contribution in [0.5, 0.6) is 0 Å². The van der Waals surface area contributed by atoms with Crippen molar-refractivity contribution >= 4 is 27.9 Å². The fourth-order valence-electron chi connectivity index (χ4n) is 5.67. The number of hydrogen-bond acceptors (Lipinski definition) is 6. The van der Waals surface area contributed by atoms with Crippen LogP contribution in [0.3, 0.4) is 0 Å². The van der Waals surface area contributed by atoms with E-state index < -0.39 is 0 Å². The molecule has 0 saturated heterocycles. The molecule has 0 spiro atoms. The molecule has 47 heavy (non-hydrogen) atoms. The SMILES string of the molecule is CCC(CC)C(=O)/C=C(\O)C(CC)CC.Cc1cc(CC(C)(C)C)sc1-c1ncnc(-c2[c-]c3ccccc3c(C(C)(C)C)c2)n1.[Ir]. The van der Waals surface area contributed by atoms with Gasteiger partial charge in [-0.3, -0.25) is 9.78 Å². The summed E-state index contributed by atoms with van der Waals surface area (Å²) in [5.74, 6) is 1.96. The molecule has 1 N–H and O–H groups in total. The van der Waals surface area contributed by atoms with Crippen LogP contribution in [0.1, 0.15) is 111 Å². The minimum atomic E-state index is 0. The molecule has 0 aliphatic carbocycles. The summed E-state index contributed by atoms with van der Waals surface area (Å²) >= 11 is 1.79. The van der Waals surface area contributed by atoms with Crippen molar-refractivity contribution in [2.24, 2.45) is 17.3 Å². The number of aromatic nitrogens is 3. The maximum absolute atomic E-state index is 11.7. The summed E-state index contributed by atoms with van der Waals surface area (Å²) in [7, 11) is 0. The molecule has 2 aromatic heterocycles. The molecule has 0 aliphatic heterocycles. The van der Waals surface area contributed by atoms with Crippen molar-refractivity contribution in [3.8, 4) is 22.1 Å². The molecule has 2 heterocycles. The van der Waals surface area contributed by atoms with Crippen molar-refractivity contribution in [3.63, 3.8) is 0 Å². The first-order valence-corrected chi connectivity index (χ1v) is 17.6. The maximum Gasteiger partial charge on any atom is 0.165 e. The monoisotopic (exact) mass is 833 g/mol. The van der Waals surface area contributed by atoms with Crippen LogP contribution < -0.4 is 0 Å². The molecular weight excluding hydrogens is 779 g/mol. The van der Waals surface area contributed by atoms with Gasteiger partial charge in [0, 0.05) is 42.9 Å². The molecule has 257 valence electrons. The van der Waals surface area contributed by atoms with E-state index in [0.717, 1.165) is 53.8 Å². The molecule has 0 atom stereocenters. The standard InChI is InChI=1S/C27H30N3S.C13H24O2.Ir/c1-17-12-20(15-26(2,3)4)31-23(17)25-29-16-28-24(30-25)19-13-18-10-8-9-11-21(18)22(14-19)27(5,6)7;1-5-10(6-2)12(14)9-13(15)11(7-3)8-4;/h8-12,14,16H,15H2,1-7H3;9-11,14H,5-8H2,1-4H3;/q-1;;/b;12-9-;. The van der Waals surface area contributed by atoms with E-state index >= 15 is 0 Å². The molecule has 1 radical (unpaired) electrons. The zero-order valence-corrected chi connectivity index (χ0v) is 33.5. The van der Waals surface area contributed by atoms with Crippen molar-refractivity contribution in [1.29, 1.82) is 0 Å². The number of rotatable bonds is 10. The summed E-state index contributed by atoms with van der Waals surface area (Å²) in [6, 6.07) is 16.4. The molecule has 0 bridgehead atoms. The van der Waals surface area contributed by atoms with Crippen LogP contribution in [0.2, 0.25) is 0 Å². The molecule has 0 unspecified atom stereocenters. The Morgan fingerprint density at radius 3 is 2.09 bits per heavy atom. The molecule has 5 nitrogen and oxygen atoms in total. The Hall–Kier alpha value is -2.73. The Labute approximate surface area is 301 Å². The Balaban J connectivity index is 0.000000410. The number of carbonyl (C=O) groups excluding carboxylic acids is 1. The van der Waals surface area contributed by atoms with Gasteiger partial charge in [-0.25, -0.2) is 9.97 Å². The van der Waals surface area contributed by atoms with Crippen LogP contribution in [0.15, 0.2) is 54.6 Å².